The summed E-state index contributed by atoms with van der Waals surface area (Å²) in [6, 6.07) is 18.3. The smallest absolute Gasteiger partial charge is 0.255 e. The number of para-hydroxylation sites is 2. The van der Waals surface area contributed by atoms with Gasteiger partial charge in [-0.05, 0) is 66.6 Å². The molecule has 0 fully saturated rings. The molecule has 2 N–H and O–H groups in total. The van der Waals surface area contributed by atoms with Gasteiger partial charge in [-0.15, -0.1) is 0 Å². The summed E-state index contributed by atoms with van der Waals surface area (Å²) >= 11 is 5.87. The summed E-state index contributed by atoms with van der Waals surface area (Å²) in [6.45, 7) is 0.360. The van der Waals surface area contributed by atoms with E-state index in [-0.39, 0.29) is 11.8 Å². The highest BCUT2D eigenvalue weighted by Crippen LogP contribution is 2.31. The van der Waals surface area contributed by atoms with E-state index in [9.17, 15) is 18.0 Å². The van der Waals surface area contributed by atoms with Crippen LogP contribution < -0.4 is 14.9 Å². The Morgan fingerprint density at radius 3 is 2.03 bits per heavy atom. The number of fused-ring (bicyclic) bond motifs is 1. The van der Waals surface area contributed by atoms with Gasteiger partial charge in [-0.25, -0.2) is 8.42 Å². The number of hydrogen-bond donors (Lipinski definition) is 2. The van der Waals surface area contributed by atoms with Gasteiger partial charge in [-0.3, -0.25) is 13.9 Å². The molecule has 0 aromatic heterocycles. The van der Waals surface area contributed by atoms with Crippen LogP contribution in [-0.4, -0.2) is 33.0 Å². The topological polar surface area (TPSA) is 95.6 Å². The lowest BCUT2D eigenvalue weighted by Gasteiger charge is -2.16. The molecule has 9 heteroatoms. The van der Waals surface area contributed by atoms with Crippen LogP contribution in [0.2, 0.25) is 5.02 Å². The van der Waals surface area contributed by atoms with Gasteiger partial charge in [0, 0.05) is 22.7 Å². The minimum atomic E-state index is -3.35. The molecule has 0 radical (unpaired) electrons. The van der Waals surface area contributed by atoms with Crippen molar-refractivity contribution >= 4 is 50.5 Å². The maximum atomic E-state index is 12.9. The molecule has 0 saturated heterocycles. The van der Waals surface area contributed by atoms with E-state index in [0.717, 1.165) is 11.8 Å². The van der Waals surface area contributed by atoms with Crippen molar-refractivity contribution in [1.82, 2.24) is 0 Å². The molecular formula is C23H20ClN3O4S. The number of nitrogens with one attached hydrogen (secondary N) is 2. The molecule has 1 aliphatic rings. The summed E-state index contributed by atoms with van der Waals surface area (Å²) in [4.78, 5) is 25.4. The Balaban J connectivity index is 1.52. The number of carbonyl (C=O) groups is 2. The molecule has 7 nitrogen and oxygen atoms in total. The Labute approximate surface area is 191 Å². The van der Waals surface area contributed by atoms with Crippen LogP contribution in [0.25, 0.3) is 0 Å². The Kier molecular flexibility index (Phi) is 5.90. The Hall–Kier alpha value is -3.36. The van der Waals surface area contributed by atoms with E-state index in [1.807, 2.05) is 0 Å². The van der Waals surface area contributed by atoms with E-state index >= 15 is 0 Å². The van der Waals surface area contributed by atoms with Gasteiger partial charge in [-0.1, -0.05) is 23.7 Å². The maximum absolute atomic E-state index is 12.9. The molecule has 32 heavy (non-hydrogen) atoms. The standard InChI is InChI=1S/C23H20ClN3O4S/c1-32(30,31)27-13-12-16-14-17(8-11-21(16)27)23(29)26-20-5-3-2-4-19(20)25-22(28)15-6-9-18(24)10-7-15/h2-11,14H,12-13H2,1H3,(H,25,28)(H,26,29). The molecule has 4 rings (SSSR count). The van der Waals surface area contributed by atoms with Crippen molar-refractivity contribution in [3.05, 3.63) is 88.4 Å². The van der Waals surface area contributed by atoms with Crippen molar-refractivity contribution in [2.75, 3.05) is 27.7 Å². The third-order valence-electron chi connectivity index (χ3n) is 5.12. The SMILES string of the molecule is CS(=O)(=O)N1CCc2cc(C(=O)Nc3ccccc3NC(=O)c3ccc(Cl)cc3)ccc21. The summed E-state index contributed by atoms with van der Waals surface area (Å²) in [6.07, 6.45) is 1.70. The lowest BCUT2D eigenvalue weighted by Crippen LogP contribution is -2.27. The van der Waals surface area contributed by atoms with Gasteiger partial charge in [0.05, 0.1) is 23.3 Å². The van der Waals surface area contributed by atoms with Crippen LogP contribution in [0.3, 0.4) is 0 Å². The Morgan fingerprint density at radius 1 is 0.875 bits per heavy atom. The molecule has 0 saturated carbocycles. The van der Waals surface area contributed by atoms with Crippen LogP contribution in [0.15, 0.2) is 66.7 Å². The number of hydrogen-bond acceptors (Lipinski definition) is 4. The first-order valence-corrected chi connectivity index (χ1v) is 12.0. The molecule has 164 valence electrons. The van der Waals surface area contributed by atoms with E-state index in [1.165, 1.54) is 4.31 Å². The average Bonchev–Trinajstić information content (AvgIpc) is 3.19. The van der Waals surface area contributed by atoms with Crippen LogP contribution in [0.4, 0.5) is 17.1 Å². The highest BCUT2D eigenvalue weighted by molar-refractivity contribution is 7.92. The normalized spacial score (nSPS) is 12.9. The number of rotatable bonds is 5. The first-order valence-electron chi connectivity index (χ1n) is 9.80. The molecule has 0 atom stereocenters. The van der Waals surface area contributed by atoms with Gasteiger partial charge < -0.3 is 10.6 Å². The first kappa shape index (κ1) is 21.9. The van der Waals surface area contributed by atoms with Gasteiger partial charge in [0.1, 0.15) is 0 Å². The molecule has 0 bridgehead atoms. The third kappa shape index (κ3) is 4.61. The largest absolute Gasteiger partial charge is 0.320 e. The van der Waals surface area contributed by atoms with Gasteiger partial charge in [0.25, 0.3) is 11.8 Å². The Bertz CT molecular complexity index is 1310. The molecular weight excluding hydrogens is 450 g/mol. The number of anilines is 3. The summed E-state index contributed by atoms with van der Waals surface area (Å²) in [7, 11) is -3.35. The van der Waals surface area contributed by atoms with E-state index in [4.69, 9.17) is 11.6 Å². The zero-order valence-corrected chi connectivity index (χ0v) is 18.7. The highest BCUT2D eigenvalue weighted by atomic mass is 35.5. The summed E-state index contributed by atoms with van der Waals surface area (Å²) in [5.41, 5.74) is 3.12. The van der Waals surface area contributed by atoms with Crippen LogP contribution in [-0.2, 0) is 16.4 Å². The maximum Gasteiger partial charge on any atom is 0.255 e. The molecule has 0 unspecified atom stereocenters. The number of benzene rings is 3. The van der Waals surface area contributed by atoms with E-state index < -0.39 is 10.0 Å². The third-order valence-corrected chi connectivity index (χ3v) is 6.56. The van der Waals surface area contributed by atoms with Crippen molar-refractivity contribution in [2.24, 2.45) is 0 Å². The molecule has 1 heterocycles. The number of nitrogens with zero attached hydrogens (tertiary/aromatic N) is 1. The molecule has 0 aliphatic carbocycles. The lowest BCUT2D eigenvalue weighted by molar-refractivity contribution is 0.101. The fourth-order valence-electron chi connectivity index (χ4n) is 3.55. The second kappa shape index (κ2) is 8.64. The first-order chi connectivity index (χ1) is 15.2. The fraction of sp³-hybridized carbons (Fsp3) is 0.130. The van der Waals surface area contributed by atoms with Crippen molar-refractivity contribution in [2.45, 2.75) is 6.42 Å². The molecule has 2 amide bonds. The van der Waals surface area contributed by atoms with Crippen molar-refractivity contribution in [3.8, 4) is 0 Å². The van der Waals surface area contributed by atoms with E-state index in [2.05, 4.69) is 10.6 Å². The zero-order valence-electron chi connectivity index (χ0n) is 17.1. The van der Waals surface area contributed by atoms with E-state index in [0.29, 0.717) is 46.2 Å². The van der Waals surface area contributed by atoms with Crippen molar-refractivity contribution in [1.29, 1.82) is 0 Å². The lowest BCUT2D eigenvalue weighted by atomic mass is 10.1. The second-order valence-corrected chi connectivity index (χ2v) is 9.73. The van der Waals surface area contributed by atoms with E-state index in [1.54, 1.807) is 66.7 Å². The second-order valence-electron chi connectivity index (χ2n) is 7.39. The molecule has 3 aromatic rings. The predicted molar refractivity (Wildman–Crippen MR) is 126 cm³/mol. The van der Waals surface area contributed by atoms with Crippen LogP contribution in [0, 0.1) is 0 Å². The molecule has 0 spiro atoms. The van der Waals surface area contributed by atoms with Gasteiger partial charge in [-0.2, -0.15) is 0 Å². The van der Waals surface area contributed by atoms with Gasteiger partial charge >= 0.3 is 0 Å². The van der Waals surface area contributed by atoms with Crippen LogP contribution in [0.1, 0.15) is 26.3 Å². The fourth-order valence-corrected chi connectivity index (χ4v) is 4.63. The quantitative estimate of drug-likeness (QED) is 0.586. The van der Waals surface area contributed by atoms with Gasteiger partial charge in [0.15, 0.2) is 0 Å². The predicted octanol–water partition coefficient (Wildman–Crippen LogP) is 4.17. The monoisotopic (exact) mass is 469 g/mol. The van der Waals surface area contributed by atoms with Crippen LogP contribution in [0.5, 0.6) is 0 Å². The number of sulfonamides is 1. The van der Waals surface area contributed by atoms with Crippen molar-refractivity contribution < 1.29 is 18.0 Å². The summed E-state index contributed by atoms with van der Waals surface area (Å²) in [5, 5.41) is 6.15. The zero-order chi connectivity index (χ0) is 22.9. The minimum Gasteiger partial charge on any atom is -0.320 e. The summed E-state index contributed by atoms with van der Waals surface area (Å²) < 4.78 is 25.2. The number of amides is 2. The molecule has 3 aromatic carbocycles. The van der Waals surface area contributed by atoms with Gasteiger partial charge in [0.2, 0.25) is 10.0 Å². The average molecular weight is 470 g/mol. The van der Waals surface area contributed by atoms with Crippen molar-refractivity contribution in [3.63, 3.8) is 0 Å². The Morgan fingerprint density at radius 2 is 1.44 bits per heavy atom. The molecule has 1 aliphatic heterocycles. The summed E-state index contributed by atoms with van der Waals surface area (Å²) in [5.74, 6) is -0.694. The highest BCUT2D eigenvalue weighted by Gasteiger charge is 2.26. The van der Waals surface area contributed by atoms with Crippen LogP contribution >= 0.6 is 11.6 Å². The number of carbonyl (C=O) groups excluding carboxylic acids is 2. The minimum absolute atomic E-state index is 0.332. The number of halogens is 1.